The molecule has 9 heteroatoms. The fraction of sp³-hybridized carbons (Fsp3) is 0.529. The number of aliphatic hydroxyl groups is 1. The third-order valence-electron chi connectivity index (χ3n) is 8.38. The number of benzene rings is 1. The minimum Gasteiger partial charge on any atom is -0.479 e. The summed E-state index contributed by atoms with van der Waals surface area (Å²) >= 11 is 0. The first kappa shape index (κ1) is 32.5. The van der Waals surface area contributed by atoms with Crippen molar-refractivity contribution in [3.8, 4) is 0 Å². The first-order valence-electron chi connectivity index (χ1n) is 15.5. The lowest BCUT2D eigenvalue weighted by molar-refractivity contribution is -0.112. The van der Waals surface area contributed by atoms with Crippen molar-refractivity contribution in [2.75, 3.05) is 45.7 Å². The van der Waals surface area contributed by atoms with E-state index in [0.29, 0.717) is 69.5 Å². The van der Waals surface area contributed by atoms with Gasteiger partial charge in [0.25, 0.3) is 5.91 Å². The summed E-state index contributed by atoms with van der Waals surface area (Å²) in [7, 11) is 3.90. The van der Waals surface area contributed by atoms with Gasteiger partial charge in [-0.3, -0.25) is 15.0 Å². The lowest BCUT2D eigenvalue weighted by Crippen LogP contribution is -2.43. The number of hydrogen-bond donors (Lipinski definition) is 2. The molecule has 8 nitrogen and oxygen atoms in total. The highest BCUT2D eigenvalue weighted by Crippen LogP contribution is 2.29. The first-order chi connectivity index (χ1) is 20.6. The Balaban J connectivity index is 1.69. The monoisotopic (exact) mass is 593 g/mol. The lowest BCUT2D eigenvalue weighted by Gasteiger charge is -2.35. The van der Waals surface area contributed by atoms with Crippen LogP contribution in [-0.2, 0) is 22.6 Å². The zero-order valence-electron chi connectivity index (χ0n) is 26.5. The van der Waals surface area contributed by atoms with Crippen molar-refractivity contribution in [2.24, 2.45) is 5.92 Å². The number of halogens is 1. The number of alkyl halides is 1. The van der Waals surface area contributed by atoms with Crippen LogP contribution in [0.15, 0.2) is 65.6 Å². The van der Waals surface area contributed by atoms with Gasteiger partial charge in [-0.2, -0.15) is 0 Å². The molecule has 4 rings (SSSR count). The van der Waals surface area contributed by atoms with Crippen LogP contribution in [-0.4, -0.2) is 76.4 Å². The van der Waals surface area contributed by atoms with Crippen molar-refractivity contribution >= 4 is 22.9 Å². The Hall–Kier alpha value is -3.43. The quantitative estimate of drug-likeness (QED) is 0.403. The van der Waals surface area contributed by atoms with Gasteiger partial charge in [-0.25, -0.2) is 9.37 Å². The zero-order valence-corrected chi connectivity index (χ0v) is 26.5. The minimum absolute atomic E-state index is 0.219. The second-order valence-electron chi connectivity index (χ2n) is 12.2. The first-order valence-corrected chi connectivity index (χ1v) is 15.5. The van der Waals surface area contributed by atoms with Crippen LogP contribution in [0.1, 0.15) is 58.4 Å². The molecular formula is C34H48FN5O3. The van der Waals surface area contributed by atoms with E-state index in [9.17, 15) is 14.3 Å². The number of aromatic nitrogens is 2. The molecule has 2 N–H and O–H groups in total. The molecule has 1 unspecified atom stereocenters. The number of amides is 1. The molecule has 234 valence electrons. The number of carbonyl (C=O) groups is 1. The number of ether oxygens (including phenoxy) is 1. The molecule has 0 spiro atoms. The minimum atomic E-state index is -1.47. The summed E-state index contributed by atoms with van der Waals surface area (Å²) in [6.45, 7) is 13.0. The van der Waals surface area contributed by atoms with Gasteiger partial charge in [0.1, 0.15) is 5.67 Å². The molecule has 2 aliphatic rings. The highest BCUT2D eigenvalue weighted by molar-refractivity contribution is 6.05. The molecule has 1 aromatic carbocycles. The summed E-state index contributed by atoms with van der Waals surface area (Å²) in [5, 5.41) is 12.5. The van der Waals surface area contributed by atoms with Crippen LogP contribution in [0, 0.1) is 5.92 Å². The summed E-state index contributed by atoms with van der Waals surface area (Å²) in [6.07, 6.45) is 8.78. The highest BCUT2D eigenvalue weighted by Gasteiger charge is 2.33. The normalized spacial score (nSPS) is 21.8. The van der Waals surface area contributed by atoms with E-state index in [0.717, 1.165) is 46.5 Å². The van der Waals surface area contributed by atoms with Gasteiger partial charge in [0.2, 0.25) is 5.95 Å². The SMILES string of the molecule is C=CC1=C(N(C)C)OCCCC(C)Cn2c(nc3ccc(CN4CCC(F)(CO)CC4)cc32)NC(=O)/C(=C/CC)C=C1C. The number of likely N-dealkylation sites (tertiary alicyclic amines) is 1. The van der Waals surface area contributed by atoms with Crippen LogP contribution < -0.4 is 5.32 Å². The molecule has 2 aromatic rings. The summed E-state index contributed by atoms with van der Waals surface area (Å²) in [5.41, 5.74) is 3.71. The molecule has 1 aromatic heterocycles. The van der Waals surface area contributed by atoms with Gasteiger partial charge < -0.3 is 19.3 Å². The summed E-state index contributed by atoms with van der Waals surface area (Å²) < 4.78 is 22.9. The molecule has 0 saturated carbocycles. The number of piperidine rings is 1. The molecule has 0 radical (unpaired) electrons. The Labute approximate surface area is 255 Å². The van der Waals surface area contributed by atoms with Crippen LogP contribution in [0.4, 0.5) is 10.3 Å². The highest BCUT2D eigenvalue weighted by atomic mass is 19.1. The van der Waals surface area contributed by atoms with Crippen LogP contribution >= 0.6 is 0 Å². The number of rotatable bonds is 6. The third-order valence-corrected chi connectivity index (χ3v) is 8.38. The van der Waals surface area contributed by atoms with Crippen molar-refractivity contribution < 1.29 is 19.0 Å². The van der Waals surface area contributed by atoms with E-state index in [2.05, 4.69) is 40.4 Å². The molecule has 43 heavy (non-hydrogen) atoms. The molecule has 1 amide bonds. The van der Waals surface area contributed by atoms with E-state index in [1.165, 1.54) is 0 Å². The van der Waals surface area contributed by atoms with Crippen molar-refractivity contribution in [3.63, 3.8) is 0 Å². The van der Waals surface area contributed by atoms with E-state index >= 15 is 0 Å². The van der Waals surface area contributed by atoms with Crippen LogP contribution in [0.2, 0.25) is 0 Å². The molecule has 2 aliphatic heterocycles. The van der Waals surface area contributed by atoms with E-state index in [1.54, 1.807) is 6.08 Å². The number of hydrogen-bond acceptors (Lipinski definition) is 6. The summed E-state index contributed by atoms with van der Waals surface area (Å²) in [4.78, 5) is 22.7. The molecule has 0 aliphatic carbocycles. The number of nitrogens with one attached hydrogen (secondary N) is 1. The summed E-state index contributed by atoms with van der Waals surface area (Å²) in [5.74, 6) is 1.35. The van der Waals surface area contributed by atoms with Gasteiger partial charge in [-0.05, 0) is 74.3 Å². The maximum Gasteiger partial charge on any atom is 0.257 e. The average molecular weight is 594 g/mol. The van der Waals surface area contributed by atoms with Gasteiger partial charge in [0.05, 0.1) is 24.2 Å². The van der Waals surface area contributed by atoms with Crippen LogP contribution in [0.25, 0.3) is 11.0 Å². The van der Waals surface area contributed by atoms with E-state index in [4.69, 9.17) is 9.72 Å². The van der Waals surface area contributed by atoms with Crippen LogP contribution in [0.3, 0.4) is 0 Å². The van der Waals surface area contributed by atoms with Gasteiger partial charge in [-0.1, -0.05) is 38.6 Å². The smallest absolute Gasteiger partial charge is 0.257 e. The third kappa shape index (κ3) is 7.95. The van der Waals surface area contributed by atoms with Gasteiger partial charge in [0, 0.05) is 51.4 Å². The Morgan fingerprint density at radius 3 is 2.70 bits per heavy atom. The number of imidazole rings is 1. The molecular weight excluding hydrogens is 545 g/mol. The van der Waals surface area contributed by atoms with Crippen molar-refractivity contribution in [1.29, 1.82) is 0 Å². The number of anilines is 1. The standard InChI is InChI=1S/C34H48FN5O3/c1-7-10-27-19-25(4)28(8-2)32(38(5)6)43-18-9-11-24(3)21-40-30-20-26(12-13-29(30)36-33(40)37-31(27)42)22-39-16-14-34(35,23-41)15-17-39/h8,10,12-13,19-20,24,41H,2,7,9,11,14-18,21-23H2,1,3-6H3,(H,36,37,42)/b25-19?,27-10+,32-28?. The fourth-order valence-corrected chi connectivity index (χ4v) is 5.87. The van der Waals surface area contributed by atoms with Crippen LogP contribution in [0.5, 0.6) is 0 Å². The Kier molecular flexibility index (Phi) is 10.8. The Bertz CT molecular complexity index is 1400. The number of carbonyl (C=O) groups excluding carboxylic acids is 1. The van der Waals surface area contributed by atoms with Gasteiger partial charge in [0.15, 0.2) is 5.88 Å². The second kappa shape index (κ2) is 14.4. The topological polar surface area (TPSA) is 82.9 Å². The van der Waals surface area contributed by atoms with E-state index in [-0.39, 0.29) is 5.91 Å². The Morgan fingerprint density at radius 1 is 1.30 bits per heavy atom. The molecule has 1 saturated heterocycles. The molecule has 3 heterocycles. The van der Waals surface area contributed by atoms with Gasteiger partial charge in [-0.15, -0.1) is 0 Å². The second-order valence-corrected chi connectivity index (χ2v) is 12.2. The molecule has 0 bridgehead atoms. The van der Waals surface area contributed by atoms with Crippen molar-refractivity contribution in [2.45, 2.75) is 71.6 Å². The maximum absolute atomic E-state index is 14.5. The zero-order chi connectivity index (χ0) is 31.1. The average Bonchev–Trinajstić information content (AvgIpc) is 3.30. The Morgan fingerprint density at radius 2 is 2.05 bits per heavy atom. The maximum atomic E-state index is 14.5. The van der Waals surface area contributed by atoms with Crippen molar-refractivity contribution in [1.82, 2.24) is 19.4 Å². The van der Waals surface area contributed by atoms with E-state index in [1.807, 2.05) is 51.1 Å². The summed E-state index contributed by atoms with van der Waals surface area (Å²) in [6, 6.07) is 6.20. The number of fused-ring (bicyclic) bond motifs is 3. The van der Waals surface area contributed by atoms with E-state index < -0.39 is 12.3 Å². The lowest BCUT2D eigenvalue weighted by atomic mass is 9.94. The predicted octanol–water partition coefficient (Wildman–Crippen LogP) is 5.96. The number of nitrogens with zero attached hydrogens (tertiary/aromatic N) is 4. The number of aliphatic hydroxyl groups excluding tert-OH is 1. The predicted molar refractivity (Wildman–Crippen MR) is 171 cm³/mol. The van der Waals surface area contributed by atoms with Crippen molar-refractivity contribution in [3.05, 3.63) is 71.2 Å². The number of allylic oxidation sites excluding steroid dienone is 4. The van der Waals surface area contributed by atoms with Gasteiger partial charge >= 0.3 is 0 Å². The largest absolute Gasteiger partial charge is 0.479 e. The molecule has 1 fully saturated rings. The molecule has 1 atom stereocenters. The fourth-order valence-electron chi connectivity index (χ4n) is 5.87.